The van der Waals surface area contributed by atoms with Gasteiger partial charge in [-0.05, 0) is 245 Å². The van der Waals surface area contributed by atoms with E-state index in [-0.39, 0.29) is 16.2 Å². The van der Waals surface area contributed by atoms with Gasteiger partial charge in [-0.25, -0.2) is 0 Å². The standard InChI is InChI=1S/C45H60N4.2C30H27N.12C2H6/c1-9-46(10-2)29-33-17-21-37-38-22-18-34(30-47(11-3)12-4)26-42(38)45(41(37)25-33)43-27-35(31-48(13-5)14-6)19-23-39(43)40-24-20-36(28-44(40)45)32-49(15-7)16-8;1-3-31(4-2)20-21-12-11-19-28-29(21)24-15-7-10-18-27(24)30(28)25-16-8-5-13-22(25)23-14-6-9-17-26(23)30;1-3-31(4-2)20-21-17-18-25-24-13-7-10-16-28(24)30(29(25)19-21)26-14-8-5-11-22(26)23-12-6-9-15-27(23)30;12*1-2/h17-28H,9-16,29-32H2,1-8H3;2*5-19H,3-4,20H2,1-2H3;12*1-2H3. The van der Waals surface area contributed by atoms with Gasteiger partial charge in [0.2, 0.25) is 0 Å². The fraction of sp³-hybridized carbons (Fsp3) is 0.442. The van der Waals surface area contributed by atoms with E-state index < -0.39 is 0 Å². The fourth-order valence-corrected chi connectivity index (χ4v) is 20.6. The Hall–Kier alpha value is -9.60. The van der Waals surface area contributed by atoms with Crippen LogP contribution in [0.1, 0.15) is 349 Å². The Morgan fingerprint density at radius 1 is 0.148 bits per heavy atom. The molecule has 12 aromatic rings. The van der Waals surface area contributed by atoms with Crippen LogP contribution in [0, 0.1) is 0 Å². The van der Waals surface area contributed by atoms with Crippen LogP contribution in [0.2, 0.25) is 0 Å². The van der Waals surface area contributed by atoms with Crippen molar-refractivity contribution in [2.75, 3.05) is 78.5 Å². The summed E-state index contributed by atoms with van der Waals surface area (Å²) in [6, 6.07) is 98.1. The smallest absolute Gasteiger partial charge is 0.0725 e. The van der Waals surface area contributed by atoms with Crippen molar-refractivity contribution in [3.05, 3.63) is 355 Å². The second kappa shape index (κ2) is 60.9. The van der Waals surface area contributed by atoms with E-state index in [1.807, 2.05) is 166 Å². The molecular weight excluding hydrogens is 1630 g/mol. The van der Waals surface area contributed by atoms with E-state index in [2.05, 4.69) is 367 Å². The summed E-state index contributed by atoms with van der Waals surface area (Å²) in [5.41, 5.74) is 41.6. The molecule has 12 aromatic carbocycles. The van der Waals surface area contributed by atoms with Gasteiger partial charge in [0.15, 0.2) is 0 Å². The Labute approximate surface area is 828 Å². The molecule has 6 aliphatic carbocycles. The van der Waals surface area contributed by atoms with Crippen LogP contribution in [0.25, 0.3) is 66.8 Å². The normalized spacial score (nSPS) is 12.2. The molecule has 0 aromatic heterocycles. The average Bonchev–Trinajstić information content (AvgIpc) is 1.52. The van der Waals surface area contributed by atoms with E-state index in [9.17, 15) is 0 Å². The van der Waals surface area contributed by atoms with Crippen LogP contribution >= 0.6 is 0 Å². The average molecular weight is 1820 g/mol. The van der Waals surface area contributed by atoms with Crippen molar-refractivity contribution in [1.29, 1.82) is 0 Å². The first-order valence-corrected chi connectivity index (χ1v) is 54.2. The van der Waals surface area contributed by atoms with E-state index >= 15 is 0 Å². The van der Waals surface area contributed by atoms with E-state index in [0.29, 0.717) is 0 Å². The molecule has 6 aliphatic rings. The molecule has 18 rings (SSSR count). The van der Waals surface area contributed by atoms with E-state index in [1.165, 1.54) is 167 Å². The molecule has 0 bridgehead atoms. The molecule has 0 amide bonds. The number of benzene rings is 12. The van der Waals surface area contributed by atoms with Crippen molar-refractivity contribution in [2.45, 2.75) is 305 Å². The zero-order valence-electron chi connectivity index (χ0n) is 92.2. The molecule has 0 fully saturated rings. The minimum absolute atomic E-state index is 0.224. The Morgan fingerprint density at radius 2 is 0.304 bits per heavy atom. The number of nitrogens with zero attached hydrogens (tertiary/aromatic N) is 6. The first kappa shape index (κ1) is 118. The van der Waals surface area contributed by atoms with Crippen molar-refractivity contribution in [3.63, 3.8) is 0 Å². The van der Waals surface area contributed by atoms with Gasteiger partial charge in [0.05, 0.1) is 16.2 Å². The molecule has 0 unspecified atom stereocenters. The number of hydrogen-bond donors (Lipinski definition) is 0. The van der Waals surface area contributed by atoms with Gasteiger partial charge in [-0.15, -0.1) is 0 Å². The minimum Gasteiger partial charge on any atom is -0.300 e. The van der Waals surface area contributed by atoms with Crippen LogP contribution in [0.3, 0.4) is 0 Å². The zero-order chi connectivity index (χ0) is 101. The van der Waals surface area contributed by atoms with Crippen molar-refractivity contribution in [1.82, 2.24) is 29.4 Å². The third-order valence-corrected chi connectivity index (χ3v) is 26.5. The van der Waals surface area contributed by atoms with Crippen LogP contribution < -0.4 is 0 Å². The van der Waals surface area contributed by atoms with Gasteiger partial charge in [0.1, 0.15) is 0 Å². The van der Waals surface area contributed by atoms with Gasteiger partial charge < -0.3 is 0 Å². The van der Waals surface area contributed by atoms with Crippen molar-refractivity contribution >= 4 is 0 Å². The molecular formula is C129H186N6. The van der Waals surface area contributed by atoms with E-state index in [1.54, 1.807) is 0 Å². The van der Waals surface area contributed by atoms with Gasteiger partial charge in [0, 0.05) is 39.3 Å². The van der Waals surface area contributed by atoms with Gasteiger partial charge >= 0.3 is 0 Å². The number of rotatable bonds is 24. The second-order valence-corrected chi connectivity index (χ2v) is 31.5. The largest absolute Gasteiger partial charge is 0.300 e. The van der Waals surface area contributed by atoms with Gasteiger partial charge in [0.25, 0.3) is 0 Å². The Morgan fingerprint density at radius 3 is 0.511 bits per heavy atom. The summed E-state index contributed by atoms with van der Waals surface area (Å²) in [5.74, 6) is 0. The molecule has 0 radical (unpaired) electrons. The quantitative estimate of drug-likeness (QED) is 0.0596. The number of hydrogen-bond acceptors (Lipinski definition) is 6. The molecule has 0 heterocycles. The second-order valence-electron chi connectivity index (χ2n) is 31.5. The van der Waals surface area contributed by atoms with Crippen LogP contribution in [-0.2, 0) is 55.5 Å². The summed E-state index contributed by atoms with van der Waals surface area (Å²) in [6.45, 7) is 93.9. The zero-order valence-corrected chi connectivity index (χ0v) is 92.2. The molecule has 0 aliphatic heterocycles. The summed E-state index contributed by atoms with van der Waals surface area (Å²) < 4.78 is 0. The lowest BCUT2D eigenvalue weighted by atomic mass is 9.69. The molecule has 0 saturated carbocycles. The highest BCUT2D eigenvalue weighted by Crippen LogP contribution is 2.67. The highest BCUT2D eigenvalue weighted by Gasteiger charge is 2.55. The van der Waals surface area contributed by atoms with Crippen LogP contribution in [0.15, 0.2) is 255 Å². The molecule has 0 N–H and O–H groups in total. The molecule has 0 saturated heterocycles. The molecule has 6 heteroatoms. The Bertz CT molecular complexity index is 4910. The third-order valence-electron chi connectivity index (χ3n) is 26.5. The molecule has 732 valence electrons. The SMILES string of the molecule is CC.CC.CC.CC.CC.CC.CC.CC.CC.CC.CC.CC.CCN(CC)Cc1ccc2c(c1)C1(c3cc(CN(CC)CC)ccc3-2)c2cc(CN(CC)CC)ccc2-c2ccc(CN(CC)CC)cc21.CCN(CC)Cc1ccc2c(c1)C1(c3ccccc3-c3ccccc31)c1ccccc1-2.CCN(CC)Cc1cccc2c1-c1ccccc1C21c2ccccc2-c2ccccc21. The van der Waals surface area contributed by atoms with Gasteiger partial charge in [-0.2, -0.15) is 0 Å². The van der Waals surface area contributed by atoms with Crippen molar-refractivity contribution in [3.8, 4) is 66.8 Å². The summed E-state index contributed by atoms with van der Waals surface area (Å²) in [4.78, 5) is 15.2. The predicted molar refractivity (Wildman–Crippen MR) is 604 cm³/mol. The lowest BCUT2D eigenvalue weighted by Crippen LogP contribution is -2.28. The predicted octanol–water partition coefficient (Wildman–Crippen LogP) is 35.5. The van der Waals surface area contributed by atoms with Crippen LogP contribution in [0.4, 0.5) is 0 Å². The Balaban J connectivity index is 0.000000389. The maximum Gasteiger partial charge on any atom is 0.0725 e. The fourth-order valence-electron chi connectivity index (χ4n) is 20.6. The summed E-state index contributed by atoms with van der Waals surface area (Å²) in [5, 5.41) is 0. The van der Waals surface area contributed by atoms with Gasteiger partial charge in [-0.3, -0.25) is 29.4 Å². The maximum atomic E-state index is 2.59. The third kappa shape index (κ3) is 23.9. The lowest BCUT2D eigenvalue weighted by Gasteiger charge is -2.32. The highest BCUT2D eigenvalue weighted by molar-refractivity contribution is 5.99. The van der Waals surface area contributed by atoms with Crippen LogP contribution in [-0.4, -0.2) is 108 Å². The summed E-state index contributed by atoms with van der Waals surface area (Å²) in [6.07, 6.45) is 0. The number of fused-ring (bicyclic) bond motifs is 30. The van der Waals surface area contributed by atoms with E-state index in [0.717, 1.165) is 118 Å². The van der Waals surface area contributed by atoms with Crippen molar-refractivity contribution < 1.29 is 0 Å². The molecule has 6 nitrogen and oxygen atoms in total. The first-order chi connectivity index (χ1) is 66.5. The lowest BCUT2D eigenvalue weighted by molar-refractivity contribution is 0.295. The van der Waals surface area contributed by atoms with Crippen molar-refractivity contribution in [2.24, 2.45) is 0 Å². The molecule has 3 spiro atoms. The summed E-state index contributed by atoms with van der Waals surface area (Å²) >= 11 is 0. The van der Waals surface area contributed by atoms with Crippen LogP contribution in [0.5, 0.6) is 0 Å². The van der Waals surface area contributed by atoms with Gasteiger partial charge in [-0.1, -0.05) is 504 Å². The summed E-state index contributed by atoms with van der Waals surface area (Å²) in [7, 11) is 0. The maximum absolute atomic E-state index is 2.59. The highest BCUT2D eigenvalue weighted by atomic mass is 15.1. The molecule has 0 atom stereocenters. The topological polar surface area (TPSA) is 19.4 Å². The van der Waals surface area contributed by atoms with E-state index in [4.69, 9.17) is 0 Å². The Kier molecular flexibility index (Phi) is 53.1. The first-order valence-electron chi connectivity index (χ1n) is 54.2. The minimum atomic E-state index is -0.355. The molecule has 135 heavy (non-hydrogen) atoms. The monoisotopic (exact) mass is 1820 g/mol.